The number of hydrogen-bond acceptors (Lipinski definition) is 5. The minimum absolute atomic E-state index is 0.562. The average Bonchev–Trinajstić information content (AvgIpc) is 2.85. The molecule has 0 radical (unpaired) electrons. The van der Waals surface area contributed by atoms with Crippen LogP contribution in [0.4, 0.5) is 0 Å². The molecular formula is C13H16BrN3O2. The summed E-state index contributed by atoms with van der Waals surface area (Å²) in [5, 5.41) is 7.13. The van der Waals surface area contributed by atoms with Crippen molar-refractivity contribution in [2.45, 2.75) is 13.0 Å². The first-order valence-corrected chi connectivity index (χ1v) is 6.83. The summed E-state index contributed by atoms with van der Waals surface area (Å²) in [5.41, 5.74) is 1.14. The van der Waals surface area contributed by atoms with Crippen molar-refractivity contribution < 1.29 is 9.26 Å². The zero-order chi connectivity index (χ0) is 13.5. The average molecular weight is 326 g/mol. The summed E-state index contributed by atoms with van der Waals surface area (Å²) < 4.78 is 11.2. The molecule has 0 unspecified atom stereocenters. The Morgan fingerprint density at radius 1 is 1.37 bits per heavy atom. The van der Waals surface area contributed by atoms with Crippen LogP contribution >= 0.6 is 15.9 Å². The predicted molar refractivity (Wildman–Crippen MR) is 74.8 cm³/mol. The summed E-state index contributed by atoms with van der Waals surface area (Å²) in [5.74, 6) is 1.29. The SMILES string of the molecule is COCCNCc1nc(Cc2ccccc2Br)no1. The van der Waals surface area contributed by atoms with E-state index in [0.717, 1.165) is 16.6 Å². The topological polar surface area (TPSA) is 60.2 Å². The van der Waals surface area contributed by atoms with Gasteiger partial charge in [-0.2, -0.15) is 4.98 Å². The van der Waals surface area contributed by atoms with E-state index in [2.05, 4.69) is 31.4 Å². The summed E-state index contributed by atoms with van der Waals surface area (Å²) in [7, 11) is 1.67. The fraction of sp³-hybridized carbons (Fsp3) is 0.385. The number of methoxy groups -OCH3 is 1. The number of aromatic nitrogens is 2. The smallest absolute Gasteiger partial charge is 0.240 e. The number of nitrogens with zero attached hydrogens (tertiary/aromatic N) is 2. The van der Waals surface area contributed by atoms with E-state index < -0.39 is 0 Å². The number of nitrogens with one attached hydrogen (secondary N) is 1. The first kappa shape index (κ1) is 14.2. The third-order valence-corrected chi connectivity index (χ3v) is 3.35. The molecule has 0 aliphatic rings. The van der Waals surface area contributed by atoms with E-state index in [1.165, 1.54) is 0 Å². The fourth-order valence-electron chi connectivity index (χ4n) is 1.62. The van der Waals surface area contributed by atoms with Crippen LogP contribution in [0.2, 0.25) is 0 Å². The molecular weight excluding hydrogens is 310 g/mol. The first-order valence-electron chi connectivity index (χ1n) is 6.04. The van der Waals surface area contributed by atoms with E-state index in [4.69, 9.17) is 9.26 Å². The van der Waals surface area contributed by atoms with Crippen molar-refractivity contribution in [2.75, 3.05) is 20.3 Å². The summed E-state index contributed by atoms with van der Waals surface area (Å²) in [4.78, 5) is 4.34. The second-order valence-corrected chi connectivity index (χ2v) is 4.90. The van der Waals surface area contributed by atoms with Crippen LogP contribution in [0, 0.1) is 0 Å². The number of ether oxygens (including phenoxy) is 1. The minimum atomic E-state index is 0.562. The molecule has 102 valence electrons. The molecule has 1 N–H and O–H groups in total. The highest BCUT2D eigenvalue weighted by molar-refractivity contribution is 9.10. The Labute approximate surface area is 120 Å². The highest BCUT2D eigenvalue weighted by atomic mass is 79.9. The largest absolute Gasteiger partial charge is 0.383 e. The molecule has 2 rings (SSSR count). The molecule has 19 heavy (non-hydrogen) atoms. The van der Waals surface area contributed by atoms with Crippen molar-refractivity contribution in [1.82, 2.24) is 15.5 Å². The number of benzene rings is 1. The lowest BCUT2D eigenvalue weighted by Gasteiger charge is -1.99. The zero-order valence-electron chi connectivity index (χ0n) is 10.7. The van der Waals surface area contributed by atoms with Gasteiger partial charge in [-0.3, -0.25) is 0 Å². The maximum Gasteiger partial charge on any atom is 0.240 e. The molecule has 0 aliphatic carbocycles. The van der Waals surface area contributed by atoms with E-state index in [9.17, 15) is 0 Å². The van der Waals surface area contributed by atoms with Gasteiger partial charge in [0.1, 0.15) is 0 Å². The third kappa shape index (κ3) is 4.41. The van der Waals surface area contributed by atoms with Crippen LogP contribution in [0.3, 0.4) is 0 Å². The van der Waals surface area contributed by atoms with E-state index in [1.54, 1.807) is 7.11 Å². The molecule has 0 saturated heterocycles. The maximum atomic E-state index is 5.18. The number of hydrogen-bond donors (Lipinski definition) is 1. The van der Waals surface area contributed by atoms with Crippen molar-refractivity contribution in [3.8, 4) is 0 Å². The van der Waals surface area contributed by atoms with Gasteiger partial charge in [-0.25, -0.2) is 0 Å². The number of rotatable bonds is 7. The second-order valence-electron chi connectivity index (χ2n) is 4.04. The van der Waals surface area contributed by atoms with Gasteiger partial charge in [-0.1, -0.05) is 39.3 Å². The Morgan fingerprint density at radius 2 is 2.21 bits per heavy atom. The normalized spacial score (nSPS) is 10.8. The molecule has 0 spiro atoms. The summed E-state index contributed by atoms with van der Waals surface area (Å²) in [6, 6.07) is 8.02. The molecule has 5 nitrogen and oxygen atoms in total. The van der Waals surface area contributed by atoms with Crippen molar-refractivity contribution in [1.29, 1.82) is 0 Å². The second kappa shape index (κ2) is 7.37. The Morgan fingerprint density at radius 3 is 3.00 bits per heavy atom. The van der Waals surface area contributed by atoms with E-state index >= 15 is 0 Å². The van der Waals surface area contributed by atoms with Crippen LogP contribution < -0.4 is 5.32 Å². The molecule has 0 saturated carbocycles. The standard InChI is InChI=1S/C13H16BrN3O2/c1-18-7-6-15-9-13-16-12(17-19-13)8-10-4-2-3-5-11(10)14/h2-5,15H,6-9H2,1H3. The zero-order valence-corrected chi connectivity index (χ0v) is 12.3. The Hall–Kier alpha value is -1.24. The van der Waals surface area contributed by atoms with Gasteiger partial charge in [0.15, 0.2) is 5.82 Å². The molecule has 1 heterocycles. The highest BCUT2D eigenvalue weighted by Crippen LogP contribution is 2.18. The van der Waals surface area contributed by atoms with Crippen LogP contribution in [-0.2, 0) is 17.7 Å². The summed E-state index contributed by atoms with van der Waals surface area (Å²) >= 11 is 3.51. The summed E-state index contributed by atoms with van der Waals surface area (Å²) in [6.07, 6.45) is 0.656. The van der Waals surface area contributed by atoms with Crippen LogP contribution in [-0.4, -0.2) is 30.4 Å². The van der Waals surface area contributed by atoms with Gasteiger partial charge in [0.25, 0.3) is 0 Å². The van der Waals surface area contributed by atoms with Crippen molar-refractivity contribution >= 4 is 15.9 Å². The van der Waals surface area contributed by atoms with Crippen LogP contribution in [0.25, 0.3) is 0 Å². The Bertz CT molecular complexity index is 516. The lowest BCUT2D eigenvalue weighted by molar-refractivity contribution is 0.197. The molecule has 0 aliphatic heterocycles. The predicted octanol–water partition coefficient (Wildman–Crippen LogP) is 2.16. The number of halogens is 1. The minimum Gasteiger partial charge on any atom is -0.383 e. The van der Waals surface area contributed by atoms with E-state index in [1.807, 2.05) is 24.3 Å². The molecule has 1 aromatic heterocycles. The maximum absolute atomic E-state index is 5.18. The lowest BCUT2D eigenvalue weighted by Crippen LogP contribution is -2.18. The van der Waals surface area contributed by atoms with E-state index in [0.29, 0.717) is 31.3 Å². The van der Waals surface area contributed by atoms with Crippen molar-refractivity contribution in [3.05, 3.63) is 46.0 Å². The van der Waals surface area contributed by atoms with Gasteiger partial charge >= 0.3 is 0 Å². The van der Waals surface area contributed by atoms with E-state index in [-0.39, 0.29) is 0 Å². The molecule has 0 fully saturated rings. The molecule has 0 amide bonds. The Kier molecular flexibility index (Phi) is 5.50. The molecule has 1 aromatic carbocycles. The monoisotopic (exact) mass is 325 g/mol. The van der Waals surface area contributed by atoms with Gasteiger partial charge < -0.3 is 14.6 Å². The van der Waals surface area contributed by atoms with Crippen molar-refractivity contribution in [2.24, 2.45) is 0 Å². The fourth-order valence-corrected chi connectivity index (χ4v) is 2.04. The summed E-state index contributed by atoms with van der Waals surface area (Å²) in [6.45, 7) is 1.99. The Balaban J connectivity index is 1.89. The van der Waals surface area contributed by atoms with Gasteiger partial charge in [0.05, 0.1) is 13.2 Å². The van der Waals surface area contributed by atoms with Crippen LogP contribution in [0.15, 0.2) is 33.3 Å². The molecule has 2 aromatic rings. The van der Waals surface area contributed by atoms with Crippen molar-refractivity contribution in [3.63, 3.8) is 0 Å². The van der Waals surface area contributed by atoms with Gasteiger partial charge in [-0.05, 0) is 11.6 Å². The molecule has 0 bridgehead atoms. The van der Waals surface area contributed by atoms with Gasteiger partial charge in [0.2, 0.25) is 5.89 Å². The quantitative estimate of drug-likeness (QED) is 0.790. The lowest BCUT2D eigenvalue weighted by atomic mass is 10.1. The third-order valence-electron chi connectivity index (χ3n) is 2.58. The highest BCUT2D eigenvalue weighted by Gasteiger charge is 2.08. The molecule has 6 heteroatoms. The van der Waals surface area contributed by atoms with Crippen LogP contribution in [0.1, 0.15) is 17.3 Å². The first-order chi connectivity index (χ1) is 9.29. The van der Waals surface area contributed by atoms with Crippen LogP contribution in [0.5, 0.6) is 0 Å². The molecule has 0 atom stereocenters. The van der Waals surface area contributed by atoms with Gasteiger partial charge in [0, 0.05) is 24.5 Å². The van der Waals surface area contributed by atoms with Gasteiger partial charge in [-0.15, -0.1) is 0 Å².